The Balaban J connectivity index is 2.14. The molecule has 0 heterocycles. The molecule has 0 atom stereocenters. The van der Waals surface area contributed by atoms with E-state index in [1.165, 1.54) is 0 Å². The first-order valence-electron chi connectivity index (χ1n) is 7.13. The first kappa shape index (κ1) is 16.7. The lowest BCUT2D eigenvalue weighted by Crippen LogP contribution is -2.12. The van der Waals surface area contributed by atoms with E-state index in [1.807, 2.05) is 19.1 Å². The van der Waals surface area contributed by atoms with Crippen molar-refractivity contribution in [2.75, 3.05) is 21.3 Å². The third-order valence-electron chi connectivity index (χ3n) is 3.37. The number of rotatable bonds is 6. The molecule has 0 aliphatic carbocycles. The largest absolute Gasteiger partial charge is 0.497 e. The zero-order chi connectivity index (χ0) is 16.8. The van der Waals surface area contributed by atoms with Crippen molar-refractivity contribution in [3.8, 4) is 23.0 Å². The topological polar surface area (TPSA) is 54.0 Å². The molecule has 0 unspecified atom stereocenters. The van der Waals surface area contributed by atoms with Crippen molar-refractivity contribution >= 4 is 5.97 Å². The Hall–Kier alpha value is -2.69. The molecule has 0 aliphatic heterocycles. The lowest BCUT2D eigenvalue weighted by atomic mass is 10.1. The highest BCUT2D eigenvalue weighted by molar-refractivity contribution is 5.77. The van der Waals surface area contributed by atoms with Crippen LogP contribution in [0.5, 0.6) is 23.0 Å². The van der Waals surface area contributed by atoms with Crippen LogP contribution in [0.25, 0.3) is 0 Å². The zero-order valence-corrected chi connectivity index (χ0v) is 13.7. The lowest BCUT2D eigenvalue weighted by molar-refractivity contribution is -0.133. The maximum absolute atomic E-state index is 12.2. The third-order valence-corrected chi connectivity index (χ3v) is 3.37. The second-order valence-electron chi connectivity index (χ2n) is 4.98. The van der Waals surface area contributed by atoms with Crippen LogP contribution in [0.1, 0.15) is 11.1 Å². The maximum Gasteiger partial charge on any atom is 0.315 e. The van der Waals surface area contributed by atoms with Crippen LogP contribution in [0.4, 0.5) is 0 Å². The normalized spacial score (nSPS) is 10.1. The van der Waals surface area contributed by atoms with Crippen LogP contribution in [0.2, 0.25) is 0 Å². The molecular weight excluding hydrogens is 296 g/mol. The summed E-state index contributed by atoms with van der Waals surface area (Å²) in [5, 5.41) is 0. The molecule has 2 rings (SSSR count). The van der Waals surface area contributed by atoms with Gasteiger partial charge in [0, 0.05) is 11.6 Å². The van der Waals surface area contributed by atoms with Gasteiger partial charge in [-0.1, -0.05) is 12.1 Å². The Labute approximate surface area is 135 Å². The van der Waals surface area contributed by atoms with Gasteiger partial charge in [0.05, 0.1) is 27.8 Å². The van der Waals surface area contributed by atoms with Crippen molar-refractivity contribution in [2.45, 2.75) is 13.3 Å². The monoisotopic (exact) mass is 316 g/mol. The summed E-state index contributed by atoms with van der Waals surface area (Å²) in [5.41, 5.74) is 1.75. The molecule has 122 valence electrons. The first-order chi connectivity index (χ1) is 11.1. The van der Waals surface area contributed by atoms with E-state index in [2.05, 4.69) is 0 Å². The Morgan fingerprint density at radius 1 is 0.870 bits per heavy atom. The van der Waals surface area contributed by atoms with Gasteiger partial charge in [0.15, 0.2) is 11.5 Å². The average molecular weight is 316 g/mol. The van der Waals surface area contributed by atoms with Crippen LogP contribution in [0.3, 0.4) is 0 Å². The summed E-state index contributed by atoms with van der Waals surface area (Å²) < 4.78 is 21.1. The molecule has 0 amide bonds. The number of methoxy groups -OCH3 is 3. The number of ether oxygens (including phenoxy) is 4. The van der Waals surface area contributed by atoms with Crippen molar-refractivity contribution in [2.24, 2.45) is 0 Å². The molecular formula is C18H20O5. The van der Waals surface area contributed by atoms with E-state index in [-0.39, 0.29) is 6.42 Å². The Morgan fingerprint density at radius 3 is 2.26 bits per heavy atom. The first-order valence-corrected chi connectivity index (χ1v) is 7.13. The molecule has 0 radical (unpaired) electrons. The summed E-state index contributed by atoms with van der Waals surface area (Å²) in [5.74, 6) is 1.78. The SMILES string of the molecule is COc1ccc(CC(=O)Oc2ccc(C)cc2OC)c(OC)c1. The van der Waals surface area contributed by atoms with E-state index in [4.69, 9.17) is 18.9 Å². The number of hydrogen-bond donors (Lipinski definition) is 0. The minimum atomic E-state index is -0.393. The van der Waals surface area contributed by atoms with Gasteiger partial charge in [-0.25, -0.2) is 0 Å². The molecule has 0 spiro atoms. The molecule has 0 bridgehead atoms. The predicted octanol–water partition coefficient (Wildman–Crippen LogP) is 3.17. The highest BCUT2D eigenvalue weighted by atomic mass is 16.6. The summed E-state index contributed by atoms with van der Waals surface area (Å²) in [6.07, 6.45) is 0.0875. The van der Waals surface area contributed by atoms with Gasteiger partial charge in [0.25, 0.3) is 0 Å². The van der Waals surface area contributed by atoms with Crippen LogP contribution >= 0.6 is 0 Å². The molecule has 5 heteroatoms. The van der Waals surface area contributed by atoms with E-state index in [9.17, 15) is 4.79 Å². The molecule has 2 aromatic rings. The van der Waals surface area contributed by atoms with Gasteiger partial charge in [-0.2, -0.15) is 0 Å². The fourth-order valence-electron chi connectivity index (χ4n) is 2.17. The van der Waals surface area contributed by atoms with E-state index in [0.29, 0.717) is 23.0 Å². The zero-order valence-electron chi connectivity index (χ0n) is 13.7. The summed E-state index contributed by atoms with van der Waals surface area (Å²) in [7, 11) is 4.66. The Bertz CT molecular complexity index is 694. The smallest absolute Gasteiger partial charge is 0.315 e. The fraction of sp³-hybridized carbons (Fsp3) is 0.278. The standard InChI is InChI=1S/C18H20O5/c1-12-5-8-15(17(9-12)22-4)23-18(19)10-13-6-7-14(20-2)11-16(13)21-3/h5-9,11H,10H2,1-4H3. The van der Waals surface area contributed by atoms with Gasteiger partial charge < -0.3 is 18.9 Å². The van der Waals surface area contributed by atoms with Crippen molar-refractivity contribution in [3.05, 3.63) is 47.5 Å². The molecule has 0 saturated carbocycles. The van der Waals surface area contributed by atoms with Crippen molar-refractivity contribution < 1.29 is 23.7 Å². The minimum absolute atomic E-state index is 0.0875. The quantitative estimate of drug-likeness (QED) is 0.605. The van der Waals surface area contributed by atoms with Crippen molar-refractivity contribution in [1.29, 1.82) is 0 Å². The highest BCUT2D eigenvalue weighted by Crippen LogP contribution is 2.29. The Kier molecular flexibility index (Phi) is 5.46. The van der Waals surface area contributed by atoms with E-state index < -0.39 is 5.97 Å². The molecule has 0 N–H and O–H groups in total. The van der Waals surface area contributed by atoms with Gasteiger partial charge in [0.1, 0.15) is 11.5 Å². The minimum Gasteiger partial charge on any atom is -0.497 e. The lowest BCUT2D eigenvalue weighted by Gasteiger charge is -2.12. The number of benzene rings is 2. The van der Waals surface area contributed by atoms with Gasteiger partial charge >= 0.3 is 5.97 Å². The number of carbonyl (C=O) groups excluding carboxylic acids is 1. The Morgan fingerprint density at radius 2 is 1.61 bits per heavy atom. The van der Waals surface area contributed by atoms with Crippen LogP contribution in [0.15, 0.2) is 36.4 Å². The highest BCUT2D eigenvalue weighted by Gasteiger charge is 2.14. The summed E-state index contributed by atoms with van der Waals surface area (Å²) in [4.78, 5) is 12.2. The number of hydrogen-bond acceptors (Lipinski definition) is 5. The molecule has 5 nitrogen and oxygen atoms in total. The molecule has 0 aliphatic rings. The van der Waals surface area contributed by atoms with E-state index in [1.54, 1.807) is 45.6 Å². The predicted molar refractivity (Wildman–Crippen MR) is 86.6 cm³/mol. The van der Waals surface area contributed by atoms with Crippen molar-refractivity contribution in [3.63, 3.8) is 0 Å². The van der Waals surface area contributed by atoms with E-state index in [0.717, 1.165) is 11.1 Å². The molecule has 23 heavy (non-hydrogen) atoms. The summed E-state index contributed by atoms with van der Waals surface area (Å²) in [6, 6.07) is 10.7. The average Bonchev–Trinajstić information content (AvgIpc) is 2.56. The molecule has 0 saturated heterocycles. The van der Waals surface area contributed by atoms with Gasteiger partial charge in [-0.15, -0.1) is 0 Å². The second-order valence-corrected chi connectivity index (χ2v) is 4.98. The molecule has 0 fully saturated rings. The number of esters is 1. The van der Waals surface area contributed by atoms with Crippen LogP contribution in [0, 0.1) is 6.92 Å². The summed E-state index contributed by atoms with van der Waals surface area (Å²) >= 11 is 0. The molecule has 0 aromatic heterocycles. The second kappa shape index (κ2) is 7.54. The van der Waals surface area contributed by atoms with Crippen LogP contribution < -0.4 is 18.9 Å². The fourth-order valence-corrected chi connectivity index (χ4v) is 2.17. The molecule has 2 aromatic carbocycles. The third kappa shape index (κ3) is 4.16. The van der Waals surface area contributed by atoms with Crippen LogP contribution in [-0.4, -0.2) is 27.3 Å². The number of carbonyl (C=O) groups is 1. The summed E-state index contributed by atoms with van der Waals surface area (Å²) in [6.45, 7) is 1.94. The number of aryl methyl sites for hydroxylation is 1. The van der Waals surface area contributed by atoms with Gasteiger partial charge in [-0.05, 0) is 30.7 Å². The van der Waals surface area contributed by atoms with Gasteiger partial charge in [0.2, 0.25) is 0 Å². The van der Waals surface area contributed by atoms with Gasteiger partial charge in [-0.3, -0.25) is 4.79 Å². The van der Waals surface area contributed by atoms with Crippen molar-refractivity contribution in [1.82, 2.24) is 0 Å². The maximum atomic E-state index is 12.2. The van der Waals surface area contributed by atoms with Crippen LogP contribution in [-0.2, 0) is 11.2 Å². The van der Waals surface area contributed by atoms with E-state index >= 15 is 0 Å².